The molecule has 0 saturated heterocycles. The van der Waals surface area contributed by atoms with Gasteiger partial charge in [0.25, 0.3) is 0 Å². The van der Waals surface area contributed by atoms with E-state index in [9.17, 15) is 13.2 Å². The van der Waals surface area contributed by atoms with Crippen molar-refractivity contribution < 1.29 is 13.2 Å². The van der Waals surface area contributed by atoms with Crippen molar-refractivity contribution >= 4 is 16.7 Å². The largest absolute Gasteiger partial charge is 0.416 e. The topological polar surface area (TPSA) is 56.7 Å². The zero-order chi connectivity index (χ0) is 14.3. The van der Waals surface area contributed by atoms with Crippen molar-refractivity contribution in [1.82, 2.24) is 15.0 Å². The molecule has 2 N–H and O–H groups in total. The second-order valence-electron chi connectivity index (χ2n) is 4.29. The number of halogens is 3. The van der Waals surface area contributed by atoms with Gasteiger partial charge in [0.2, 0.25) is 0 Å². The van der Waals surface area contributed by atoms with E-state index in [4.69, 9.17) is 5.73 Å². The van der Waals surface area contributed by atoms with Crippen molar-refractivity contribution in [1.29, 1.82) is 0 Å². The SMILES string of the molecule is Nc1ccc2nn(-c3cccc(C(F)(F)F)c3)nc2c1. The van der Waals surface area contributed by atoms with E-state index in [2.05, 4.69) is 10.2 Å². The molecule has 0 fully saturated rings. The third kappa shape index (κ3) is 2.18. The van der Waals surface area contributed by atoms with Crippen LogP contribution in [-0.4, -0.2) is 15.0 Å². The quantitative estimate of drug-likeness (QED) is 0.696. The average Bonchev–Trinajstić information content (AvgIpc) is 2.81. The summed E-state index contributed by atoms with van der Waals surface area (Å²) in [5, 5.41) is 8.26. The monoisotopic (exact) mass is 278 g/mol. The summed E-state index contributed by atoms with van der Waals surface area (Å²) in [6.07, 6.45) is -4.40. The first-order valence-corrected chi connectivity index (χ1v) is 5.74. The van der Waals surface area contributed by atoms with Gasteiger partial charge in [-0.3, -0.25) is 0 Å². The minimum atomic E-state index is -4.40. The van der Waals surface area contributed by atoms with Gasteiger partial charge < -0.3 is 5.73 Å². The minimum absolute atomic E-state index is 0.245. The van der Waals surface area contributed by atoms with E-state index in [-0.39, 0.29) is 5.69 Å². The molecule has 7 heteroatoms. The van der Waals surface area contributed by atoms with Crippen LogP contribution in [0.25, 0.3) is 16.7 Å². The average molecular weight is 278 g/mol. The fourth-order valence-corrected chi connectivity index (χ4v) is 1.85. The smallest absolute Gasteiger partial charge is 0.399 e. The Hall–Kier alpha value is -2.57. The number of rotatable bonds is 1. The first-order chi connectivity index (χ1) is 9.43. The minimum Gasteiger partial charge on any atom is -0.399 e. The highest BCUT2D eigenvalue weighted by atomic mass is 19.4. The van der Waals surface area contributed by atoms with Crippen LogP contribution in [0.5, 0.6) is 0 Å². The van der Waals surface area contributed by atoms with Gasteiger partial charge in [0, 0.05) is 5.69 Å². The Kier molecular flexibility index (Phi) is 2.63. The van der Waals surface area contributed by atoms with Crippen LogP contribution in [-0.2, 0) is 6.18 Å². The van der Waals surface area contributed by atoms with Gasteiger partial charge in [-0.15, -0.1) is 10.2 Å². The summed E-state index contributed by atoms with van der Waals surface area (Å²) in [6.45, 7) is 0. The van der Waals surface area contributed by atoms with Crippen molar-refractivity contribution in [2.24, 2.45) is 0 Å². The van der Waals surface area contributed by atoms with Crippen molar-refractivity contribution in [3.05, 3.63) is 48.0 Å². The van der Waals surface area contributed by atoms with Crippen LogP contribution in [0.4, 0.5) is 18.9 Å². The number of nitrogen functional groups attached to an aromatic ring is 1. The molecule has 0 bridgehead atoms. The zero-order valence-corrected chi connectivity index (χ0v) is 10.1. The first-order valence-electron chi connectivity index (χ1n) is 5.74. The summed E-state index contributed by atoms with van der Waals surface area (Å²) >= 11 is 0. The van der Waals surface area contributed by atoms with Crippen LogP contribution < -0.4 is 5.73 Å². The Bertz CT molecular complexity index is 777. The Labute approximate surface area is 111 Å². The number of hydrogen-bond acceptors (Lipinski definition) is 3. The van der Waals surface area contributed by atoms with Crippen molar-refractivity contribution in [3.63, 3.8) is 0 Å². The second-order valence-corrected chi connectivity index (χ2v) is 4.29. The number of nitrogens with two attached hydrogens (primary N) is 1. The molecule has 102 valence electrons. The molecule has 0 spiro atoms. The molecule has 0 aliphatic rings. The number of alkyl halides is 3. The van der Waals surface area contributed by atoms with E-state index in [1.165, 1.54) is 16.9 Å². The van der Waals surface area contributed by atoms with E-state index in [0.717, 1.165) is 12.1 Å². The van der Waals surface area contributed by atoms with Crippen LogP contribution in [0.3, 0.4) is 0 Å². The fraction of sp³-hybridized carbons (Fsp3) is 0.0769. The third-order valence-corrected chi connectivity index (χ3v) is 2.81. The van der Waals surface area contributed by atoms with Gasteiger partial charge in [-0.1, -0.05) is 6.07 Å². The van der Waals surface area contributed by atoms with Crippen molar-refractivity contribution in [3.8, 4) is 5.69 Å². The number of anilines is 1. The van der Waals surface area contributed by atoms with E-state index in [0.29, 0.717) is 16.7 Å². The van der Waals surface area contributed by atoms with E-state index in [1.807, 2.05) is 0 Å². The maximum absolute atomic E-state index is 12.7. The molecule has 1 heterocycles. The molecule has 0 aliphatic heterocycles. The van der Waals surface area contributed by atoms with Crippen LogP contribution in [0.15, 0.2) is 42.5 Å². The van der Waals surface area contributed by atoms with Gasteiger partial charge >= 0.3 is 6.18 Å². The number of fused-ring (bicyclic) bond motifs is 1. The van der Waals surface area contributed by atoms with E-state index in [1.54, 1.807) is 18.2 Å². The van der Waals surface area contributed by atoms with Gasteiger partial charge in [0.15, 0.2) is 0 Å². The van der Waals surface area contributed by atoms with Gasteiger partial charge in [0.05, 0.1) is 11.3 Å². The number of nitrogens with zero attached hydrogens (tertiary/aromatic N) is 3. The van der Waals surface area contributed by atoms with Gasteiger partial charge in [-0.25, -0.2) is 0 Å². The molecular weight excluding hydrogens is 269 g/mol. The van der Waals surface area contributed by atoms with Crippen molar-refractivity contribution in [2.45, 2.75) is 6.18 Å². The summed E-state index contributed by atoms with van der Waals surface area (Å²) in [4.78, 5) is 1.17. The summed E-state index contributed by atoms with van der Waals surface area (Å²) in [5.41, 5.74) is 6.75. The van der Waals surface area contributed by atoms with Gasteiger partial charge in [-0.2, -0.15) is 18.0 Å². The molecular formula is C13H9F3N4. The highest BCUT2D eigenvalue weighted by Crippen LogP contribution is 2.30. The van der Waals surface area contributed by atoms with Crippen LogP contribution >= 0.6 is 0 Å². The molecule has 0 saturated carbocycles. The summed E-state index contributed by atoms with van der Waals surface area (Å²) in [7, 11) is 0. The fourth-order valence-electron chi connectivity index (χ4n) is 1.85. The third-order valence-electron chi connectivity index (χ3n) is 2.81. The molecule has 2 aromatic carbocycles. The zero-order valence-electron chi connectivity index (χ0n) is 10.1. The lowest BCUT2D eigenvalue weighted by molar-refractivity contribution is -0.137. The molecule has 20 heavy (non-hydrogen) atoms. The molecule has 1 aromatic heterocycles. The first kappa shape index (κ1) is 12.5. The lowest BCUT2D eigenvalue weighted by Crippen LogP contribution is -2.07. The molecule has 3 aromatic rings. The van der Waals surface area contributed by atoms with E-state index < -0.39 is 11.7 Å². The standard InChI is InChI=1S/C13H9F3N4/c14-13(15,16)8-2-1-3-10(6-8)20-18-11-5-4-9(17)7-12(11)19-20/h1-7H,17H2. The van der Waals surface area contributed by atoms with Crippen LogP contribution in [0.2, 0.25) is 0 Å². The van der Waals surface area contributed by atoms with Gasteiger partial charge in [-0.05, 0) is 36.4 Å². The van der Waals surface area contributed by atoms with E-state index >= 15 is 0 Å². The maximum atomic E-state index is 12.7. The summed E-state index contributed by atoms with van der Waals surface area (Å²) in [5.74, 6) is 0. The number of hydrogen-bond donors (Lipinski definition) is 1. The van der Waals surface area contributed by atoms with Crippen LogP contribution in [0.1, 0.15) is 5.56 Å². The highest BCUT2D eigenvalue weighted by Gasteiger charge is 2.30. The Morgan fingerprint density at radius 1 is 0.950 bits per heavy atom. The lowest BCUT2D eigenvalue weighted by atomic mass is 10.2. The second kappa shape index (κ2) is 4.22. The van der Waals surface area contributed by atoms with Gasteiger partial charge in [0.1, 0.15) is 11.0 Å². The van der Waals surface area contributed by atoms with Crippen molar-refractivity contribution in [2.75, 3.05) is 5.73 Å². The van der Waals surface area contributed by atoms with Crippen LogP contribution in [0, 0.1) is 0 Å². The number of benzene rings is 2. The maximum Gasteiger partial charge on any atom is 0.416 e. The molecule has 3 rings (SSSR count). The summed E-state index contributed by atoms with van der Waals surface area (Å²) in [6, 6.07) is 9.78. The predicted molar refractivity (Wildman–Crippen MR) is 68.3 cm³/mol. The number of aromatic nitrogens is 3. The Morgan fingerprint density at radius 2 is 1.70 bits per heavy atom. The molecule has 0 radical (unpaired) electrons. The Morgan fingerprint density at radius 3 is 2.45 bits per heavy atom. The predicted octanol–water partition coefficient (Wildman–Crippen LogP) is 3.02. The molecule has 0 atom stereocenters. The Balaban J connectivity index is 2.11. The molecule has 4 nitrogen and oxygen atoms in total. The lowest BCUT2D eigenvalue weighted by Gasteiger charge is -2.07. The molecule has 0 aliphatic carbocycles. The normalized spacial score (nSPS) is 11.9. The summed E-state index contributed by atoms with van der Waals surface area (Å²) < 4.78 is 38.0. The highest BCUT2D eigenvalue weighted by molar-refractivity contribution is 5.77. The molecule has 0 unspecified atom stereocenters. The molecule has 0 amide bonds.